The zero-order chi connectivity index (χ0) is 23.1. The Morgan fingerprint density at radius 2 is 1.72 bits per heavy atom. The van der Waals surface area contributed by atoms with Crippen LogP contribution in [0.1, 0.15) is 22.3 Å². The van der Waals surface area contributed by atoms with E-state index in [1.807, 2.05) is 38.1 Å². The van der Waals surface area contributed by atoms with E-state index in [1.165, 1.54) is 36.5 Å². The smallest absolute Gasteiger partial charge is 0.255 e. The van der Waals surface area contributed by atoms with Crippen LogP contribution >= 0.6 is 0 Å². The molecule has 0 heterocycles. The summed E-state index contributed by atoms with van der Waals surface area (Å²) in [6.45, 7) is 3.38. The van der Waals surface area contributed by atoms with Crippen LogP contribution in [0, 0.1) is 19.7 Å². The Labute approximate surface area is 187 Å². The highest BCUT2D eigenvalue weighted by atomic mass is 32.2. The molecule has 0 aromatic heterocycles. The number of nitrogens with one attached hydrogen (secondary N) is 1. The van der Waals surface area contributed by atoms with E-state index in [0.717, 1.165) is 21.0 Å². The van der Waals surface area contributed by atoms with Crippen molar-refractivity contribution in [2.75, 3.05) is 6.54 Å². The second-order valence-electron chi connectivity index (χ2n) is 7.42. The highest BCUT2D eigenvalue weighted by Gasteiger charge is 2.27. The molecule has 0 saturated carbocycles. The minimum Gasteiger partial charge on any atom is -0.272 e. The summed E-state index contributed by atoms with van der Waals surface area (Å²) in [4.78, 5) is 12.6. The van der Waals surface area contributed by atoms with Gasteiger partial charge in [0.25, 0.3) is 5.91 Å². The Kier molecular flexibility index (Phi) is 7.50. The molecular weight excluding hydrogens is 429 g/mol. The summed E-state index contributed by atoms with van der Waals surface area (Å²) >= 11 is 0. The summed E-state index contributed by atoms with van der Waals surface area (Å²) in [5.41, 5.74) is 5.46. The van der Waals surface area contributed by atoms with Crippen LogP contribution in [0.5, 0.6) is 0 Å². The van der Waals surface area contributed by atoms with E-state index in [0.29, 0.717) is 5.56 Å². The minimum absolute atomic E-state index is 0.0267. The molecule has 0 aliphatic heterocycles. The van der Waals surface area contributed by atoms with E-state index in [9.17, 15) is 17.6 Å². The summed E-state index contributed by atoms with van der Waals surface area (Å²) in [6, 6.07) is 19.6. The zero-order valence-electron chi connectivity index (χ0n) is 17.8. The Bertz CT molecular complexity index is 1230. The molecule has 0 aliphatic rings. The van der Waals surface area contributed by atoms with E-state index in [2.05, 4.69) is 10.5 Å². The van der Waals surface area contributed by atoms with Crippen LogP contribution in [-0.2, 0) is 21.4 Å². The average Bonchev–Trinajstić information content (AvgIpc) is 2.74. The van der Waals surface area contributed by atoms with Crippen LogP contribution in [0.4, 0.5) is 4.39 Å². The van der Waals surface area contributed by atoms with Crippen molar-refractivity contribution in [2.45, 2.75) is 25.3 Å². The van der Waals surface area contributed by atoms with Gasteiger partial charge in [-0.2, -0.15) is 9.41 Å². The molecule has 6 nitrogen and oxygen atoms in total. The summed E-state index contributed by atoms with van der Waals surface area (Å²) in [5, 5.41) is 3.81. The summed E-state index contributed by atoms with van der Waals surface area (Å²) in [5.74, 6) is -1.03. The molecule has 32 heavy (non-hydrogen) atoms. The van der Waals surface area contributed by atoms with Crippen LogP contribution in [0.2, 0.25) is 0 Å². The molecule has 0 bridgehead atoms. The van der Waals surface area contributed by atoms with Crippen molar-refractivity contribution in [3.63, 3.8) is 0 Å². The number of carbonyl (C=O) groups is 1. The molecule has 0 spiro atoms. The predicted molar refractivity (Wildman–Crippen MR) is 122 cm³/mol. The molecule has 1 amide bonds. The molecule has 0 unspecified atom stereocenters. The fourth-order valence-corrected chi connectivity index (χ4v) is 4.44. The number of hydrogen-bond donors (Lipinski definition) is 1. The molecule has 0 aliphatic carbocycles. The molecule has 0 fully saturated rings. The van der Waals surface area contributed by atoms with Crippen molar-refractivity contribution < 1.29 is 17.6 Å². The number of benzene rings is 3. The Hall–Kier alpha value is -3.36. The van der Waals surface area contributed by atoms with Crippen molar-refractivity contribution in [2.24, 2.45) is 5.10 Å². The van der Waals surface area contributed by atoms with Crippen molar-refractivity contribution in [1.29, 1.82) is 0 Å². The number of sulfonamides is 1. The van der Waals surface area contributed by atoms with Gasteiger partial charge in [0.1, 0.15) is 5.82 Å². The highest BCUT2D eigenvalue weighted by molar-refractivity contribution is 7.89. The summed E-state index contributed by atoms with van der Waals surface area (Å²) in [6.07, 6.45) is 1.29. The lowest BCUT2D eigenvalue weighted by atomic mass is 10.1. The Morgan fingerprint density at radius 3 is 2.41 bits per heavy atom. The van der Waals surface area contributed by atoms with E-state index in [-0.39, 0.29) is 11.4 Å². The molecule has 3 aromatic rings. The van der Waals surface area contributed by atoms with Gasteiger partial charge in [-0.3, -0.25) is 4.79 Å². The van der Waals surface area contributed by atoms with Gasteiger partial charge in [-0.05, 0) is 49.2 Å². The number of rotatable bonds is 8. The number of nitrogens with zero attached hydrogens (tertiary/aromatic N) is 2. The maximum Gasteiger partial charge on any atom is 0.255 e. The summed E-state index contributed by atoms with van der Waals surface area (Å²) in [7, 11) is -3.94. The Morgan fingerprint density at radius 1 is 1.00 bits per heavy atom. The molecule has 3 aromatic carbocycles. The lowest BCUT2D eigenvalue weighted by Crippen LogP contribution is -2.39. The molecule has 3 rings (SSSR count). The molecule has 166 valence electrons. The highest BCUT2D eigenvalue weighted by Crippen LogP contribution is 2.19. The average molecular weight is 454 g/mol. The van der Waals surface area contributed by atoms with Crippen LogP contribution < -0.4 is 5.43 Å². The van der Waals surface area contributed by atoms with Crippen molar-refractivity contribution in [3.8, 4) is 0 Å². The van der Waals surface area contributed by atoms with Gasteiger partial charge in [0.05, 0.1) is 17.7 Å². The summed E-state index contributed by atoms with van der Waals surface area (Å²) < 4.78 is 40.9. The standard InChI is InChI=1S/C24H24FN3O3S/c1-18-9-11-23(12-10-18)32(30,31)28(16-21-7-3-5-19(2)13-21)17-24(29)27-26-15-20-6-4-8-22(25)14-20/h3-15H,16-17H2,1-2H3,(H,27,29)/b26-15-. The second-order valence-corrected chi connectivity index (χ2v) is 9.36. The van der Waals surface area contributed by atoms with Gasteiger partial charge < -0.3 is 0 Å². The number of aryl methyl sites for hydroxylation is 2. The van der Waals surface area contributed by atoms with Crippen LogP contribution in [0.25, 0.3) is 0 Å². The molecule has 0 saturated heterocycles. The molecule has 1 N–H and O–H groups in total. The lowest BCUT2D eigenvalue weighted by Gasteiger charge is -2.22. The van der Waals surface area contributed by atoms with Gasteiger partial charge >= 0.3 is 0 Å². The third-order valence-electron chi connectivity index (χ3n) is 4.67. The molecular formula is C24H24FN3O3S. The first-order chi connectivity index (χ1) is 15.2. The monoisotopic (exact) mass is 453 g/mol. The van der Waals surface area contributed by atoms with Crippen LogP contribution in [0.15, 0.2) is 82.8 Å². The zero-order valence-corrected chi connectivity index (χ0v) is 18.6. The fourth-order valence-electron chi connectivity index (χ4n) is 3.06. The van der Waals surface area contributed by atoms with Gasteiger partial charge in [0.15, 0.2) is 0 Å². The number of amides is 1. The minimum atomic E-state index is -3.94. The van der Waals surface area contributed by atoms with Crippen molar-refractivity contribution >= 4 is 22.1 Å². The molecule has 0 radical (unpaired) electrons. The van der Waals surface area contributed by atoms with E-state index in [1.54, 1.807) is 18.2 Å². The van der Waals surface area contributed by atoms with Gasteiger partial charge in [0, 0.05) is 6.54 Å². The largest absolute Gasteiger partial charge is 0.272 e. The number of hydrazone groups is 1. The van der Waals surface area contributed by atoms with E-state index < -0.39 is 28.3 Å². The van der Waals surface area contributed by atoms with Crippen molar-refractivity contribution in [3.05, 3.63) is 101 Å². The first-order valence-corrected chi connectivity index (χ1v) is 11.4. The normalized spacial score (nSPS) is 11.8. The second kappa shape index (κ2) is 10.3. The fraction of sp³-hybridized carbons (Fsp3) is 0.167. The van der Waals surface area contributed by atoms with Crippen LogP contribution in [-0.4, -0.2) is 31.4 Å². The number of halogens is 1. The van der Waals surface area contributed by atoms with Gasteiger partial charge in [-0.15, -0.1) is 0 Å². The third kappa shape index (κ3) is 6.32. The first-order valence-electron chi connectivity index (χ1n) is 9.94. The quantitative estimate of drug-likeness (QED) is 0.416. The van der Waals surface area contributed by atoms with E-state index in [4.69, 9.17) is 0 Å². The molecule has 8 heteroatoms. The van der Waals surface area contributed by atoms with Crippen molar-refractivity contribution in [1.82, 2.24) is 9.73 Å². The van der Waals surface area contributed by atoms with Crippen LogP contribution in [0.3, 0.4) is 0 Å². The number of carbonyl (C=O) groups excluding carboxylic acids is 1. The maximum atomic E-state index is 13.3. The SMILES string of the molecule is Cc1ccc(S(=O)(=O)N(CC(=O)N/N=C\c2cccc(F)c2)Cc2cccc(C)c2)cc1. The first kappa shape index (κ1) is 23.3. The number of hydrogen-bond acceptors (Lipinski definition) is 4. The predicted octanol–water partition coefficient (Wildman–Crippen LogP) is 3.78. The Balaban J connectivity index is 1.80. The lowest BCUT2D eigenvalue weighted by molar-refractivity contribution is -0.121. The maximum absolute atomic E-state index is 13.3. The van der Waals surface area contributed by atoms with Gasteiger partial charge in [-0.25, -0.2) is 18.2 Å². The third-order valence-corrected chi connectivity index (χ3v) is 6.48. The topological polar surface area (TPSA) is 78.8 Å². The van der Waals surface area contributed by atoms with E-state index >= 15 is 0 Å². The van der Waals surface area contributed by atoms with Gasteiger partial charge in [-0.1, -0.05) is 59.7 Å². The van der Waals surface area contributed by atoms with Gasteiger partial charge in [0.2, 0.25) is 10.0 Å². The molecule has 0 atom stereocenters.